The number of hydrogen-bond donors (Lipinski definition) is 1. The Labute approximate surface area is 213 Å². The summed E-state index contributed by atoms with van der Waals surface area (Å²) in [5.41, 5.74) is 3.01. The van der Waals surface area contributed by atoms with Crippen LogP contribution in [0.1, 0.15) is 39.5 Å². The lowest BCUT2D eigenvalue weighted by Crippen LogP contribution is -2.48. The van der Waals surface area contributed by atoms with Crippen LogP contribution in [0.4, 0.5) is 4.79 Å². The van der Waals surface area contributed by atoms with Gasteiger partial charge in [0, 0.05) is 48.9 Å². The molecule has 1 amide bonds. The number of ether oxygens (including phenoxy) is 4. The molecule has 1 saturated heterocycles. The Morgan fingerprint density at radius 1 is 1.19 bits per heavy atom. The number of phenols is 1. The van der Waals surface area contributed by atoms with E-state index >= 15 is 0 Å². The van der Waals surface area contributed by atoms with Gasteiger partial charge in [0.1, 0.15) is 17.2 Å². The Kier molecular flexibility index (Phi) is 6.79. The molecule has 0 bridgehead atoms. The first-order chi connectivity index (χ1) is 17.4. The van der Waals surface area contributed by atoms with E-state index in [1.807, 2.05) is 0 Å². The van der Waals surface area contributed by atoms with Crippen LogP contribution < -0.4 is 9.47 Å². The van der Waals surface area contributed by atoms with Crippen molar-refractivity contribution in [3.63, 3.8) is 0 Å². The number of amides is 1. The van der Waals surface area contributed by atoms with E-state index in [-0.39, 0.29) is 30.2 Å². The van der Waals surface area contributed by atoms with Gasteiger partial charge in [-0.15, -0.1) is 0 Å². The van der Waals surface area contributed by atoms with E-state index in [0.29, 0.717) is 84.7 Å². The molecule has 0 radical (unpaired) electrons. The van der Waals surface area contributed by atoms with Crippen molar-refractivity contribution < 1.29 is 33.6 Å². The minimum Gasteiger partial charge on any atom is -0.507 e. The molecule has 5 rings (SSSR count). The maximum Gasteiger partial charge on any atom is 0.409 e. The number of rotatable bonds is 4. The normalized spacial score (nSPS) is 18.5. The third-order valence-corrected chi connectivity index (χ3v) is 6.71. The molecule has 3 heterocycles. The minimum atomic E-state index is -0.321. The van der Waals surface area contributed by atoms with Crippen LogP contribution in [0.15, 0.2) is 24.0 Å². The summed E-state index contributed by atoms with van der Waals surface area (Å²) in [5.74, 6) is 0.888. The molecule has 0 unspecified atom stereocenters. The highest BCUT2D eigenvalue weighted by molar-refractivity contribution is 6.31. The molecule has 1 fully saturated rings. The standard InChI is InChI=1S/C26H27ClN2O7/c1-3-34-26(32)29-6-4-28(5-7-29)12-19-20(30)8-15(2)22-23(31)21(36-25(19)22)11-16-9-18(27)10-17-13-33-14-35-24(16)17/h8-11,30H,3-7,12-14H2,1-2H3/b21-11+. The summed E-state index contributed by atoms with van der Waals surface area (Å²) in [6.07, 6.45) is 1.30. The quantitative estimate of drug-likeness (QED) is 0.609. The first-order valence-electron chi connectivity index (χ1n) is 11.8. The van der Waals surface area contributed by atoms with Crippen LogP contribution in [0.2, 0.25) is 5.02 Å². The fraction of sp³-hybridized carbons (Fsp3) is 0.385. The maximum atomic E-state index is 13.4. The van der Waals surface area contributed by atoms with Crippen LogP contribution in [0.3, 0.4) is 0 Å². The van der Waals surface area contributed by atoms with Gasteiger partial charge >= 0.3 is 6.09 Å². The van der Waals surface area contributed by atoms with Crippen molar-refractivity contribution in [1.29, 1.82) is 0 Å². The molecular formula is C26H27ClN2O7. The zero-order valence-electron chi connectivity index (χ0n) is 20.1. The lowest BCUT2D eigenvalue weighted by molar-refractivity contribution is -0.0165. The van der Waals surface area contributed by atoms with Crippen LogP contribution in [-0.2, 0) is 22.6 Å². The molecular weight excluding hydrogens is 488 g/mol. The first kappa shape index (κ1) is 24.4. The van der Waals surface area contributed by atoms with Gasteiger partial charge in [0.2, 0.25) is 5.78 Å². The van der Waals surface area contributed by atoms with Gasteiger partial charge in [-0.05, 0) is 43.7 Å². The fourth-order valence-corrected chi connectivity index (χ4v) is 4.97. The Morgan fingerprint density at radius 3 is 2.72 bits per heavy atom. The molecule has 0 aromatic heterocycles. The minimum absolute atomic E-state index is 0.0636. The second-order valence-corrected chi connectivity index (χ2v) is 9.33. The Hall–Kier alpha value is -3.27. The number of aromatic hydroxyl groups is 1. The van der Waals surface area contributed by atoms with Gasteiger partial charge in [-0.3, -0.25) is 9.69 Å². The SMILES string of the molecule is CCOC(=O)N1CCN(Cc2c(O)cc(C)c3c2O/C(=C/c2cc(Cl)cc4c2OCOC4)C3=O)CC1. The highest BCUT2D eigenvalue weighted by Gasteiger charge is 2.35. The second-order valence-electron chi connectivity index (χ2n) is 8.89. The van der Waals surface area contributed by atoms with Crippen LogP contribution in [0.5, 0.6) is 17.2 Å². The van der Waals surface area contributed by atoms with Gasteiger partial charge in [0.15, 0.2) is 12.6 Å². The number of aryl methyl sites for hydroxylation is 1. The van der Waals surface area contributed by atoms with E-state index in [9.17, 15) is 14.7 Å². The van der Waals surface area contributed by atoms with Crippen molar-refractivity contribution >= 4 is 29.6 Å². The number of ketones is 1. The Bertz CT molecular complexity index is 1250. The van der Waals surface area contributed by atoms with Crippen molar-refractivity contribution in [3.05, 3.63) is 56.8 Å². The Balaban J connectivity index is 1.41. The van der Waals surface area contributed by atoms with Crippen LogP contribution in [0.25, 0.3) is 6.08 Å². The molecule has 3 aliphatic rings. The third-order valence-electron chi connectivity index (χ3n) is 6.49. The molecule has 0 aliphatic carbocycles. The van der Waals surface area contributed by atoms with E-state index in [1.54, 1.807) is 43.0 Å². The largest absolute Gasteiger partial charge is 0.507 e. The fourth-order valence-electron chi connectivity index (χ4n) is 4.72. The topological polar surface area (TPSA) is 97.8 Å². The van der Waals surface area contributed by atoms with Crippen molar-refractivity contribution in [2.24, 2.45) is 0 Å². The van der Waals surface area contributed by atoms with E-state index in [4.69, 9.17) is 30.5 Å². The Morgan fingerprint density at radius 2 is 1.97 bits per heavy atom. The number of allylic oxidation sites excluding steroid dienone is 1. The predicted octanol–water partition coefficient (Wildman–Crippen LogP) is 4.11. The summed E-state index contributed by atoms with van der Waals surface area (Å²) in [4.78, 5) is 29.1. The van der Waals surface area contributed by atoms with E-state index < -0.39 is 0 Å². The number of Topliss-reactive ketones (excluding diaryl/α,β-unsaturated/α-hetero) is 1. The highest BCUT2D eigenvalue weighted by atomic mass is 35.5. The average Bonchev–Trinajstić information content (AvgIpc) is 3.18. The van der Waals surface area contributed by atoms with E-state index in [2.05, 4.69) is 4.90 Å². The summed E-state index contributed by atoms with van der Waals surface area (Å²) in [6.45, 7) is 6.97. The zero-order chi connectivity index (χ0) is 25.4. The predicted molar refractivity (Wildman–Crippen MR) is 131 cm³/mol. The summed E-state index contributed by atoms with van der Waals surface area (Å²) in [5, 5.41) is 11.3. The lowest BCUT2D eigenvalue weighted by atomic mass is 9.98. The number of phenolic OH excluding ortho intramolecular Hbond substituents is 1. The van der Waals surface area contributed by atoms with Gasteiger partial charge in [-0.2, -0.15) is 0 Å². The number of fused-ring (bicyclic) bond motifs is 2. The molecule has 36 heavy (non-hydrogen) atoms. The van der Waals surface area contributed by atoms with Crippen molar-refractivity contribution in [3.8, 4) is 17.2 Å². The molecule has 9 nitrogen and oxygen atoms in total. The van der Waals surface area contributed by atoms with Gasteiger partial charge < -0.3 is 29.0 Å². The molecule has 1 N–H and O–H groups in total. The van der Waals surface area contributed by atoms with Crippen molar-refractivity contribution in [1.82, 2.24) is 9.80 Å². The molecule has 2 aromatic rings. The second kappa shape index (κ2) is 10.0. The number of halogens is 1. The highest BCUT2D eigenvalue weighted by Crippen LogP contribution is 2.43. The number of benzene rings is 2. The van der Waals surface area contributed by atoms with Crippen LogP contribution in [-0.4, -0.2) is 66.4 Å². The average molecular weight is 515 g/mol. The lowest BCUT2D eigenvalue weighted by Gasteiger charge is -2.34. The van der Waals surface area contributed by atoms with Crippen molar-refractivity contribution in [2.75, 3.05) is 39.6 Å². The molecule has 0 atom stereocenters. The summed E-state index contributed by atoms with van der Waals surface area (Å²) >= 11 is 6.28. The molecule has 190 valence electrons. The van der Waals surface area contributed by atoms with Crippen molar-refractivity contribution in [2.45, 2.75) is 27.0 Å². The number of piperazine rings is 1. The third kappa shape index (κ3) is 4.61. The maximum absolute atomic E-state index is 13.4. The smallest absolute Gasteiger partial charge is 0.409 e. The number of nitrogens with zero attached hydrogens (tertiary/aromatic N) is 2. The van der Waals surface area contributed by atoms with Gasteiger partial charge in [-0.1, -0.05) is 11.6 Å². The number of hydrogen-bond acceptors (Lipinski definition) is 8. The summed E-state index contributed by atoms with van der Waals surface area (Å²) in [6, 6.07) is 5.08. The first-order valence-corrected chi connectivity index (χ1v) is 12.2. The molecule has 3 aliphatic heterocycles. The summed E-state index contributed by atoms with van der Waals surface area (Å²) < 4.78 is 22.2. The van der Waals surface area contributed by atoms with Crippen LogP contribution >= 0.6 is 11.6 Å². The summed E-state index contributed by atoms with van der Waals surface area (Å²) in [7, 11) is 0. The zero-order valence-corrected chi connectivity index (χ0v) is 20.9. The molecule has 0 saturated carbocycles. The monoisotopic (exact) mass is 514 g/mol. The van der Waals surface area contributed by atoms with E-state index in [0.717, 1.165) is 5.56 Å². The number of carbonyl (C=O) groups is 2. The van der Waals surface area contributed by atoms with Gasteiger partial charge in [0.05, 0.1) is 24.3 Å². The molecule has 2 aromatic carbocycles. The molecule has 0 spiro atoms. The van der Waals surface area contributed by atoms with Gasteiger partial charge in [-0.25, -0.2) is 4.79 Å². The molecule has 10 heteroatoms. The van der Waals surface area contributed by atoms with Crippen LogP contribution in [0, 0.1) is 6.92 Å². The number of carbonyl (C=O) groups excluding carboxylic acids is 2. The van der Waals surface area contributed by atoms with Gasteiger partial charge in [0.25, 0.3) is 0 Å². The van der Waals surface area contributed by atoms with E-state index in [1.165, 1.54) is 0 Å².